The lowest BCUT2D eigenvalue weighted by molar-refractivity contribution is -0.228. The first-order valence-electron chi connectivity index (χ1n) is 16.4. The highest BCUT2D eigenvalue weighted by molar-refractivity contribution is 6.06. The van der Waals surface area contributed by atoms with E-state index in [-0.39, 0.29) is 51.3 Å². The van der Waals surface area contributed by atoms with E-state index in [9.17, 15) is 14.7 Å². The normalized spacial score (nSPS) is 43.2. The van der Waals surface area contributed by atoms with Gasteiger partial charge in [-0.2, -0.15) is 0 Å². The van der Waals surface area contributed by atoms with Crippen LogP contribution in [0.15, 0.2) is 35.7 Å². The molecular weight excluding hydrogens is 508 g/mol. The fourth-order valence-corrected chi connectivity index (χ4v) is 11.7. The monoisotopic (exact) mass is 560 g/mol. The zero-order valence-electron chi connectivity index (χ0n) is 26.5. The highest BCUT2D eigenvalue weighted by Crippen LogP contribution is 2.76. The summed E-state index contributed by atoms with van der Waals surface area (Å²) in [5.74, 6) is 1.74. The Hall–Kier alpha value is -2.01. The van der Waals surface area contributed by atoms with Crippen LogP contribution in [0, 0.1) is 50.7 Å². The Labute approximate surface area is 247 Å². The van der Waals surface area contributed by atoms with Crippen LogP contribution in [0.4, 0.5) is 0 Å². The van der Waals surface area contributed by atoms with Crippen LogP contribution in [0.1, 0.15) is 112 Å². The largest absolute Gasteiger partial charge is 0.393 e. The van der Waals surface area contributed by atoms with E-state index in [1.165, 1.54) is 12.0 Å². The van der Waals surface area contributed by atoms with Gasteiger partial charge in [-0.05, 0) is 126 Å². The minimum Gasteiger partial charge on any atom is -0.393 e. The second-order valence-corrected chi connectivity index (χ2v) is 16.2. The molecule has 0 unspecified atom stereocenters. The van der Waals surface area contributed by atoms with Crippen LogP contribution >= 0.6 is 0 Å². The number of fused-ring (bicyclic) bond motifs is 7. The first-order valence-corrected chi connectivity index (χ1v) is 16.4. The molecule has 6 rings (SSSR count). The lowest BCUT2D eigenvalue weighted by Gasteiger charge is -2.72. The van der Waals surface area contributed by atoms with Crippen molar-refractivity contribution in [1.29, 1.82) is 0 Å². The van der Waals surface area contributed by atoms with Gasteiger partial charge in [0.05, 0.1) is 11.5 Å². The van der Waals surface area contributed by atoms with Crippen LogP contribution in [0.25, 0.3) is 0 Å². The van der Waals surface area contributed by atoms with Crippen molar-refractivity contribution in [1.82, 2.24) is 10.3 Å². The minimum absolute atomic E-state index is 0.0407. The van der Waals surface area contributed by atoms with Gasteiger partial charge in [-0.25, -0.2) is 0 Å². The number of hydrogen-bond acceptors (Lipinski definition) is 4. The number of carbonyl (C=O) groups excluding carboxylic acids is 2. The summed E-state index contributed by atoms with van der Waals surface area (Å²) in [5, 5.41) is 14.3. The van der Waals surface area contributed by atoms with E-state index in [0.29, 0.717) is 24.8 Å². The van der Waals surface area contributed by atoms with Gasteiger partial charge < -0.3 is 10.4 Å². The molecule has 0 aliphatic heterocycles. The van der Waals surface area contributed by atoms with Gasteiger partial charge in [-0.1, -0.05) is 48.5 Å². The van der Waals surface area contributed by atoms with E-state index in [2.05, 4.69) is 58.8 Å². The Morgan fingerprint density at radius 2 is 1.66 bits per heavy atom. The molecule has 0 spiro atoms. The smallest absolute Gasteiger partial charge is 0.231 e. The molecule has 4 saturated carbocycles. The van der Waals surface area contributed by atoms with E-state index < -0.39 is 5.41 Å². The maximum atomic E-state index is 14.2. The zero-order valence-corrected chi connectivity index (χ0v) is 26.5. The Balaban J connectivity index is 1.38. The number of nitrogens with one attached hydrogen (secondary N) is 1. The molecule has 224 valence electrons. The van der Waals surface area contributed by atoms with Crippen LogP contribution in [0.5, 0.6) is 0 Å². The number of rotatable bonds is 4. The quantitative estimate of drug-likeness (QED) is 0.414. The fourth-order valence-electron chi connectivity index (χ4n) is 11.7. The van der Waals surface area contributed by atoms with Crippen molar-refractivity contribution in [2.45, 2.75) is 119 Å². The number of aliphatic hydroxyl groups excluding tert-OH is 1. The number of aromatic nitrogens is 1. The second kappa shape index (κ2) is 9.49. The Morgan fingerprint density at radius 1 is 0.951 bits per heavy atom. The maximum absolute atomic E-state index is 14.2. The fraction of sp³-hybridized carbons (Fsp3) is 0.750. The van der Waals surface area contributed by atoms with Crippen molar-refractivity contribution in [2.24, 2.45) is 50.7 Å². The van der Waals surface area contributed by atoms with E-state index in [1.807, 2.05) is 12.1 Å². The number of hydrogen-bond donors (Lipinski definition) is 2. The van der Waals surface area contributed by atoms with Gasteiger partial charge in [-0.15, -0.1) is 0 Å². The third-order valence-corrected chi connectivity index (χ3v) is 14.0. The molecule has 0 saturated heterocycles. The summed E-state index contributed by atoms with van der Waals surface area (Å²) >= 11 is 0. The van der Waals surface area contributed by atoms with Gasteiger partial charge in [0.25, 0.3) is 0 Å². The summed E-state index contributed by atoms with van der Waals surface area (Å²) in [5.41, 5.74) is 2.82. The molecule has 1 amide bonds. The van der Waals surface area contributed by atoms with E-state index in [0.717, 1.165) is 56.1 Å². The molecule has 0 aromatic carbocycles. The van der Waals surface area contributed by atoms with Crippen molar-refractivity contribution < 1.29 is 14.7 Å². The lowest BCUT2D eigenvalue weighted by atomic mass is 9.33. The number of pyridine rings is 1. The van der Waals surface area contributed by atoms with Gasteiger partial charge in [-0.3, -0.25) is 14.6 Å². The number of Topliss-reactive ketones (excluding diaryl/α,β-unsaturated/α-hetero) is 1. The van der Waals surface area contributed by atoms with Crippen molar-refractivity contribution in [3.63, 3.8) is 0 Å². The number of nitrogens with zero attached hydrogens (tertiary/aromatic N) is 1. The first kappa shape index (κ1) is 29.1. The average Bonchev–Trinajstić information content (AvgIpc) is 3.24. The first-order chi connectivity index (χ1) is 19.2. The minimum atomic E-state index is -0.713. The molecule has 1 aromatic heterocycles. The third kappa shape index (κ3) is 3.85. The Bertz CT molecular complexity index is 1270. The number of allylic oxidation sites excluding steroid dienone is 1. The van der Waals surface area contributed by atoms with Crippen molar-refractivity contribution in [3.05, 3.63) is 41.2 Å². The number of ketones is 1. The van der Waals surface area contributed by atoms with Gasteiger partial charge in [0.2, 0.25) is 5.91 Å². The van der Waals surface area contributed by atoms with Gasteiger partial charge in [0.15, 0.2) is 5.78 Å². The van der Waals surface area contributed by atoms with Gasteiger partial charge in [0.1, 0.15) is 0 Å². The molecule has 0 radical (unpaired) electrons. The average molecular weight is 561 g/mol. The van der Waals surface area contributed by atoms with Crippen LogP contribution < -0.4 is 5.32 Å². The van der Waals surface area contributed by atoms with E-state index in [1.54, 1.807) is 12.4 Å². The van der Waals surface area contributed by atoms with Gasteiger partial charge in [0, 0.05) is 25.4 Å². The Kier molecular flexibility index (Phi) is 6.73. The highest BCUT2D eigenvalue weighted by Gasteiger charge is 2.70. The molecule has 5 aliphatic carbocycles. The van der Waals surface area contributed by atoms with E-state index in [4.69, 9.17) is 0 Å². The molecule has 1 heterocycles. The van der Waals surface area contributed by atoms with E-state index >= 15 is 0 Å². The van der Waals surface area contributed by atoms with Crippen LogP contribution in [0.3, 0.4) is 0 Å². The highest BCUT2D eigenvalue weighted by atomic mass is 16.3. The molecule has 1 aromatic rings. The number of amides is 1. The number of aliphatic hydroxyl groups is 1. The summed E-state index contributed by atoms with van der Waals surface area (Å²) in [7, 11) is 0. The maximum Gasteiger partial charge on any atom is 0.231 e. The molecule has 5 nitrogen and oxygen atoms in total. The molecular formula is C36H52N2O3. The predicted octanol–water partition coefficient (Wildman–Crippen LogP) is 7.04. The lowest BCUT2D eigenvalue weighted by Crippen LogP contribution is -2.66. The van der Waals surface area contributed by atoms with Crippen LogP contribution in [-0.4, -0.2) is 27.9 Å². The van der Waals surface area contributed by atoms with Crippen molar-refractivity contribution in [2.75, 3.05) is 0 Å². The van der Waals surface area contributed by atoms with Crippen molar-refractivity contribution in [3.8, 4) is 0 Å². The summed E-state index contributed by atoms with van der Waals surface area (Å²) in [6, 6.07) is 3.88. The second-order valence-electron chi connectivity index (χ2n) is 16.2. The summed E-state index contributed by atoms with van der Waals surface area (Å²) in [6.07, 6.45) is 11.9. The molecule has 5 heteroatoms. The van der Waals surface area contributed by atoms with Crippen LogP contribution in [-0.2, 0) is 16.1 Å². The topological polar surface area (TPSA) is 79.3 Å². The molecule has 8 atom stereocenters. The summed E-state index contributed by atoms with van der Waals surface area (Å²) < 4.78 is 0. The van der Waals surface area contributed by atoms with Crippen LogP contribution in [0.2, 0.25) is 0 Å². The standard InChI is InChI=1S/C36H52N2O3/c1-22(2)29-25(39)20-36(31(41)38-21-23-12-18-37-19-13-23)17-16-34(6)24(30(29)36)8-9-27-33(5)14-11-28(40)32(3,4)26(33)10-15-35(27,34)7/h12-13,18-19,22,24,26-28,40H,8-11,14-17,20-21H2,1-7H3,(H,38,41)/t24-,26+,27-,28+,33+,34-,35-,36-/m1/s1. The molecule has 41 heavy (non-hydrogen) atoms. The SMILES string of the molecule is CC(C)C1=C2[C@H]3CC[C@@H]4[C@@]5(C)CC[C@H](O)C(C)(C)[C@@H]5CC[C@@]4(C)[C@]3(C)CC[C@@]2(C(=O)NCc2ccncc2)CC1=O. The summed E-state index contributed by atoms with van der Waals surface area (Å²) in [6.45, 7) is 17.0. The summed E-state index contributed by atoms with van der Waals surface area (Å²) in [4.78, 5) is 32.1. The van der Waals surface area contributed by atoms with Crippen molar-refractivity contribution >= 4 is 11.7 Å². The Morgan fingerprint density at radius 3 is 2.34 bits per heavy atom. The molecule has 0 bridgehead atoms. The third-order valence-electron chi connectivity index (χ3n) is 14.0. The van der Waals surface area contributed by atoms with Gasteiger partial charge >= 0.3 is 0 Å². The molecule has 2 N–H and O–H groups in total. The zero-order chi connectivity index (χ0) is 29.6. The predicted molar refractivity (Wildman–Crippen MR) is 162 cm³/mol. The molecule has 4 fully saturated rings. The molecule has 5 aliphatic rings. The number of carbonyl (C=O) groups is 2.